The van der Waals surface area contributed by atoms with Crippen LogP contribution in [0.2, 0.25) is 0 Å². The Bertz CT molecular complexity index is 1330. The van der Waals surface area contributed by atoms with Crippen molar-refractivity contribution in [2.45, 2.75) is 52.4 Å². The van der Waals surface area contributed by atoms with E-state index in [2.05, 4.69) is 19.1 Å². The maximum Gasteiger partial charge on any atom is 0.160 e. The fourth-order valence-corrected chi connectivity index (χ4v) is 4.37. The molecule has 0 saturated heterocycles. The normalized spacial score (nSPS) is 12.2. The van der Waals surface area contributed by atoms with Crippen LogP contribution in [0.1, 0.15) is 62.0 Å². The molecule has 1 atom stereocenters. The van der Waals surface area contributed by atoms with E-state index >= 15 is 0 Å². The molecular formula is C33H35FO3. The molecule has 0 bridgehead atoms. The Morgan fingerprint density at radius 2 is 1.49 bits per heavy atom. The van der Waals surface area contributed by atoms with Crippen LogP contribution < -0.4 is 4.74 Å². The van der Waals surface area contributed by atoms with Crippen LogP contribution in [-0.2, 0) is 16.6 Å². The second-order valence-electron chi connectivity index (χ2n) is 9.38. The van der Waals surface area contributed by atoms with Gasteiger partial charge in [0.05, 0.1) is 12.0 Å². The van der Waals surface area contributed by atoms with Crippen LogP contribution in [0, 0.1) is 5.82 Å². The van der Waals surface area contributed by atoms with Gasteiger partial charge in [-0.2, -0.15) is 0 Å². The van der Waals surface area contributed by atoms with Crippen LogP contribution in [0.3, 0.4) is 0 Å². The van der Waals surface area contributed by atoms with Crippen molar-refractivity contribution in [3.63, 3.8) is 0 Å². The van der Waals surface area contributed by atoms with E-state index in [0.29, 0.717) is 12.4 Å². The molecule has 3 nitrogen and oxygen atoms in total. The van der Waals surface area contributed by atoms with Crippen molar-refractivity contribution >= 4 is 22.3 Å². The van der Waals surface area contributed by atoms with E-state index in [9.17, 15) is 14.0 Å². The zero-order valence-electron chi connectivity index (χ0n) is 22.1. The van der Waals surface area contributed by atoms with Gasteiger partial charge in [-0.15, -0.1) is 0 Å². The molecule has 192 valence electrons. The minimum Gasteiger partial charge on any atom is -0.494 e. The molecule has 4 aromatic carbocycles. The maximum absolute atomic E-state index is 12.9. The minimum absolute atomic E-state index is 0.0789. The Morgan fingerprint density at radius 3 is 2.11 bits per heavy atom. The fourth-order valence-electron chi connectivity index (χ4n) is 4.37. The zero-order valence-corrected chi connectivity index (χ0v) is 22.1. The van der Waals surface area contributed by atoms with Gasteiger partial charge >= 0.3 is 0 Å². The first kappa shape index (κ1) is 27.8. The van der Waals surface area contributed by atoms with E-state index in [1.54, 1.807) is 26.0 Å². The quantitative estimate of drug-likeness (QED) is 0.173. The lowest BCUT2D eigenvalue weighted by atomic mass is 9.77. The molecule has 0 aromatic heterocycles. The van der Waals surface area contributed by atoms with E-state index in [4.69, 9.17) is 4.74 Å². The van der Waals surface area contributed by atoms with Gasteiger partial charge in [0, 0.05) is 5.56 Å². The highest BCUT2D eigenvalue weighted by molar-refractivity contribution is 6.01. The van der Waals surface area contributed by atoms with Crippen LogP contribution in [0.5, 0.6) is 5.75 Å². The Balaban J connectivity index is 0.000000248. The summed E-state index contributed by atoms with van der Waals surface area (Å²) < 4.78 is 18.5. The largest absolute Gasteiger partial charge is 0.494 e. The highest BCUT2D eigenvalue weighted by Crippen LogP contribution is 2.28. The number of fused-ring (bicyclic) bond motifs is 1. The number of hydrogen-bond acceptors (Lipinski definition) is 3. The Morgan fingerprint density at radius 1 is 0.838 bits per heavy atom. The van der Waals surface area contributed by atoms with Gasteiger partial charge in [-0.3, -0.25) is 9.59 Å². The summed E-state index contributed by atoms with van der Waals surface area (Å²) in [4.78, 5) is 23.4. The fraction of sp³-hybridized carbons (Fsp3) is 0.273. The lowest BCUT2D eigenvalue weighted by molar-refractivity contribution is -0.122. The number of ketones is 2. The molecule has 0 aliphatic carbocycles. The summed E-state index contributed by atoms with van der Waals surface area (Å²) in [5.41, 5.74) is 2.66. The average molecular weight is 499 g/mol. The van der Waals surface area contributed by atoms with Gasteiger partial charge in [-0.25, -0.2) is 4.39 Å². The average Bonchev–Trinajstić information content (AvgIpc) is 2.92. The molecule has 1 unspecified atom stereocenters. The van der Waals surface area contributed by atoms with Crippen molar-refractivity contribution in [1.82, 2.24) is 0 Å². The number of ether oxygens (including phenoxy) is 1. The molecular weight excluding hydrogens is 463 g/mol. The second-order valence-corrected chi connectivity index (χ2v) is 9.38. The highest BCUT2D eigenvalue weighted by Gasteiger charge is 2.29. The third-order valence-corrected chi connectivity index (χ3v) is 6.97. The smallest absolute Gasteiger partial charge is 0.160 e. The van der Waals surface area contributed by atoms with Gasteiger partial charge in [-0.05, 0) is 86.2 Å². The predicted molar refractivity (Wildman–Crippen MR) is 149 cm³/mol. The van der Waals surface area contributed by atoms with Crippen molar-refractivity contribution in [3.8, 4) is 5.75 Å². The summed E-state index contributed by atoms with van der Waals surface area (Å²) in [6, 6.07) is 28.0. The molecule has 4 rings (SSSR count). The first-order valence-electron chi connectivity index (χ1n) is 12.7. The summed E-state index contributed by atoms with van der Waals surface area (Å²) in [5.74, 6) is 0.696. The van der Waals surface area contributed by atoms with E-state index in [1.165, 1.54) is 12.1 Å². The molecule has 4 aromatic rings. The molecule has 0 spiro atoms. The van der Waals surface area contributed by atoms with Crippen LogP contribution in [0.15, 0.2) is 91.0 Å². The van der Waals surface area contributed by atoms with Gasteiger partial charge in [-0.1, -0.05) is 73.7 Å². The minimum atomic E-state index is -0.304. The van der Waals surface area contributed by atoms with Crippen molar-refractivity contribution < 1.29 is 18.7 Å². The number of benzene rings is 4. The summed E-state index contributed by atoms with van der Waals surface area (Å²) in [6.07, 6.45) is 2.40. The molecule has 0 heterocycles. The van der Waals surface area contributed by atoms with Gasteiger partial charge in [0.15, 0.2) is 5.78 Å². The van der Waals surface area contributed by atoms with Gasteiger partial charge in [0.25, 0.3) is 0 Å². The third kappa shape index (κ3) is 7.13. The van der Waals surface area contributed by atoms with Crippen molar-refractivity contribution in [1.29, 1.82) is 0 Å². The number of halogens is 1. The molecule has 0 N–H and O–H groups in total. The SMILES string of the molecule is CC(=O)c1ccc2ccccc2c1CCCOc1ccc(F)cc1.CCC(C)(C(C)=O)c1ccccc1. The predicted octanol–water partition coefficient (Wildman–Crippen LogP) is 8.14. The number of Topliss-reactive ketones (excluding diaryl/α,β-unsaturated/α-hetero) is 2. The summed E-state index contributed by atoms with van der Waals surface area (Å²) in [6.45, 7) is 7.84. The van der Waals surface area contributed by atoms with Crippen molar-refractivity contribution in [2.24, 2.45) is 0 Å². The number of carbonyl (C=O) groups excluding carboxylic acids is 2. The molecule has 0 aliphatic heterocycles. The Hall–Kier alpha value is -3.79. The first-order valence-corrected chi connectivity index (χ1v) is 12.7. The lowest BCUT2D eigenvalue weighted by Gasteiger charge is -2.25. The molecule has 0 radical (unpaired) electrons. The highest BCUT2D eigenvalue weighted by atomic mass is 19.1. The standard InChI is InChI=1S/C21H19FO2.C12H16O/c1-15(23)19-13-8-16-5-2-3-6-20(16)21(19)7-4-14-24-18-11-9-17(22)10-12-18;1-4-12(3,10(2)13)11-8-6-5-7-9-11/h2-3,5-6,8-13H,4,7,14H2,1H3;5-9H,4H2,1-3H3. The molecule has 37 heavy (non-hydrogen) atoms. The van der Waals surface area contributed by atoms with Crippen LogP contribution in [0.25, 0.3) is 10.8 Å². The van der Waals surface area contributed by atoms with Gasteiger partial charge in [0.1, 0.15) is 17.3 Å². The Kier molecular flexibility index (Phi) is 9.73. The summed E-state index contributed by atoms with van der Waals surface area (Å²) in [7, 11) is 0. The number of carbonyl (C=O) groups is 2. The second kappa shape index (κ2) is 13.0. The zero-order chi connectivity index (χ0) is 26.8. The monoisotopic (exact) mass is 498 g/mol. The van der Waals surface area contributed by atoms with E-state index in [1.807, 2.05) is 61.5 Å². The van der Waals surface area contributed by atoms with Gasteiger partial charge < -0.3 is 4.74 Å². The lowest BCUT2D eigenvalue weighted by Crippen LogP contribution is -2.29. The summed E-state index contributed by atoms with van der Waals surface area (Å²) in [5, 5.41) is 2.25. The topological polar surface area (TPSA) is 43.4 Å². The first-order chi connectivity index (χ1) is 17.8. The molecule has 0 saturated carbocycles. The van der Waals surface area contributed by atoms with Crippen molar-refractivity contribution in [2.75, 3.05) is 6.61 Å². The Labute approximate surface area is 219 Å². The van der Waals surface area contributed by atoms with Gasteiger partial charge in [0.2, 0.25) is 0 Å². The molecule has 0 aliphatic rings. The maximum atomic E-state index is 12.9. The number of rotatable bonds is 9. The molecule has 4 heteroatoms. The van der Waals surface area contributed by atoms with Crippen LogP contribution in [-0.4, -0.2) is 18.2 Å². The third-order valence-electron chi connectivity index (χ3n) is 6.97. The number of aryl methyl sites for hydroxylation is 1. The van der Waals surface area contributed by atoms with E-state index in [-0.39, 0.29) is 22.8 Å². The number of hydrogen-bond donors (Lipinski definition) is 0. The van der Waals surface area contributed by atoms with Crippen molar-refractivity contribution in [3.05, 3.63) is 114 Å². The van der Waals surface area contributed by atoms with E-state index in [0.717, 1.165) is 46.7 Å². The summed E-state index contributed by atoms with van der Waals surface area (Å²) >= 11 is 0. The van der Waals surface area contributed by atoms with Crippen LogP contribution in [0.4, 0.5) is 4.39 Å². The molecule has 0 fully saturated rings. The van der Waals surface area contributed by atoms with E-state index < -0.39 is 0 Å². The molecule has 0 amide bonds. The van der Waals surface area contributed by atoms with Crippen LogP contribution >= 0.6 is 0 Å².